The van der Waals surface area contributed by atoms with Crippen molar-refractivity contribution in [2.45, 2.75) is 13.8 Å². The monoisotopic (exact) mass is 633 g/mol. The zero-order chi connectivity index (χ0) is 21.7. The number of anilines is 2. The molecule has 1 saturated heterocycles. The first kappa shape index (κ1) is 23.3. The highest BCUT2D eigenvalue weighted by atomic mass is 127. The largest absolute Gasteiger partial charge is 0.462 e. The average molecular weight is 633 g/mol. The molecule has 1 N–H and O–H groups in total. The van der Waals surface area contributed by atoms with Crippen molar-refractivity contribution >= 4 is 68.4 Å². The van der Waals surface area contributed by atoms with Gasteiger partial charge in [-0.05, 0) is 95.0 Å². The summed E-state index contributed by atoms with van der Waals surface area (Å²) in [7, 11) is 0. The van der Waals surface area contributed by atoms with Crippen molar-refractivity contribution in [2.24, 2.45) is 0 Å². The molecule has 1 amide bonds. The van der Waals surface area contributed by atoms with E-state index in [2.05, 4.69) is 67.2 Å². The minimum Gasteiger partial charge on any atom is -0.462 e. The average Bonchev–Trinajstić information content (AvgIpc) is 2.75. The van der Waals surface area contributed by atoms with Gasteiger partial charge in [-0.3, -0.25) is 4.79 Å². The van der Waals surface area contributed by atoms with Crippen molar-refractivity contribution in [3.05, 3.63) is 54.7 Å². The summed E-state index contributed by atoms with van der Waals surface area (Å²) in [6, 6.07) is 11.2. The van der Waals surface area contributed by atoms with Crippen LogP contribution in [0.4, 0.5) is 11.4 Å². The maximum Gasteiger partial charge on any atom is 0.338 e. The van der Waals surface area contributed by atoms with E-state index >= 15 is 0 Å². The third kappa shape index (κ3) is 5.64. The molecule has 3 rings (SSSR count). The number of rotatable bonds is 6. The molecular formula is C22H25I2N3O3. The molecule has 2 aromatic carbocycles. The van der Waals surface area contributed by atoms with E-state index in [0.29, 0.717) is 23.4 Å². The van der Waals surface area contributed by atoms with Crippen LogP contribution in [0, 0.1) is 7.14 Å². The van der Waals surface area contributed by atoms with Crippen LogP contribution in [0.25, 0.3) is 0 Å². The number of hydrogen-bond acceptors (Lipinski definition) is 5. The van der Waals surface area contributed by atoms with Gasteiger partial charge in [0.15, 0.2) is 0 Å². The SMILES string of the molecule is CCOC(=O)c1ccc(N2CCN(CC)CC2)c(NC(=O)c2cc(I)ccc2I)c1. The molecule has 1 aliphatic rings. The third-order valence-electron chi connectivity index (χ3n) is 5.09. The molecule has 6 nitrogen and oxygen atoms in total. The number of amides is 1. The van der Waals surface area contributed by atoms with Gasteiger partial charge in [0.25, 0.3) is 5.91 Å². The molecular weight excluding hydrogens is 608 g/mol. The summed E-state index contributed by atoms with van der Waals surface area (Å²) in [5.41, 5.74) is 2.60. The molecule has 0 radical (unpaired) electrons. The van der Waals surface area contributed by atoms with Crippen molar-refractivity contribution in [3.63, 3.8) is 0 Å². The number of piperazine rings is 1. The third-order valence-corrected chi connectivity index (χ3v) is 6.70. The molecule has 0 saturated carbocycles. The lowest BCUT2D eigenvalue weighted by Gasteiger charge is -2.36. The van der Waals surface area contributed by atoms with Crippen molar-refractivity contribution in [3.8, 4) is 0 Å². The topological polar surface area (TPSA) is 61.9 Å². The molecule has 0 aromatic heterocycles. The van der Waals surface area contributed by atoms with Gasteiger partial charge < -0.3 is 19.9 Å². The molecule has 1 fully saturated rings. The molecule has 0 bridgehead atoms. The number of nitrogens with one attached hydrogen (secondary N) is 1. The van der Waals surface area contributed by atoms with Gasteiger partial charge >= 0.3 is 5.97 Å². The van der Waals surface area contributed by atoms with Crippen molar-refractivity contribution in [1.82, 2.24) is 4.90 Å². The predicted octanol–water partition coefficient (Wildman–Crippen LogP) is 4.47. The summed E-state index contributed by atoms with van der Waals surface area (Å²) < 4.78 is 7.02. The van der Waals surface area contributed by atoms with Gasteiger partial charge in [0.1, 0.15) is 0 Å². The summed E-state index contributed by atoms with van der Waals surface area (Å²) >= 11 is 4.37. The first-order valence-corrected chi connectivity index (χ1v) is 12.1. The Bertz CT molecular complexity index is 928. The van der Waals surface area contributed by atoms with Crippen LogP contribution in [0.5, 0.6) is 0 Å². The minimum absolute atomic E-state index is 0.188. The number of esters is 1. The Morgan fingerprint density at radius 1 is 1.03 bits per heavy atom. The zero-order valence-electron chi connectivity index (χ0n) is 17.1. The fourth-order valence-corrected chi connectivity index (χ4v) is 4.49. The number of halogens is 2. The first-order chi connectivity index (χ1) is 14.4. The van der Waals surface area contributed by atoms with E-state index in [1.807, 2.05) is 24.3 Å². The Kier molecular flexibility index (Phi) is 8.35. The Morgan fingerprint density at radius 2 is 1.77 bits per heavy atom. The number of ether oxygens (including phenoxy) is 1. The molecule has 2 aromatic rings. The molecule has 0 aliphatic carbocycles. The Balaban J connectivity index is 1.92. The highest BCUT2D eigenvalue weighted by molar-refractivity contribution is 14.1. The van der Waals surface area contributed by atoms with Crippen LogP contribution in [0.1, 0.15) is 34.6 Å². The molecule has 160 valence electrons. The molecule has 0 atom stereocenters. The second-order valence-corrected chi connectivity index (χ2v) is 9.36. The van der Waals surface area contributed by atoms with Gasteiger partial charge in [-0.25, -0.2) is 4.79 Å². The highest BCUT2D eigenvalue weighted by Gasteiger charge is 2.21. The van der Waals surface area contributed by atoms with Crippen molar-refractivity contribution in [1.29, 1.82) is 0 Å². The van der Waals surface area contributed by atoms with Gasteiger partial charge in [0.2, 0.25) is 0 Å². The summed E-state index contributed by atoms with van der Waals surface area (Å²) in [6.07, 6.45) is 0. The van der Waals surface area contributed by atoms with Crippen molar-refractivity contribution < 1.29 is 14.3 Å². The molecule has 8 heteroatoms. The van der Waals surface area contributed by atoms with E-state index in [4.69, 9.17) is 4.74 Å². The van der Waals surface area contributed by atoms with E-state index in [-0.39, 0.29) is 11.9 Å². The number of benzene rings is 2. The number of likely N-dealkylation sites (N-methyl/N-ethyl adjacent to an activating group) is 1. The molecule has 1 aliphatic heterocycles. The Morgan fingerprint density at radius 3 is 2.43 bits per heavy atom. The van der Waals surface area contributed by atoms with Gasteiger partial charge in [0.05, 0.1) is 29.1 Å². The van der Waals surface area contributed by atoms with Crippen LogP contribution in [0.3, 0.4) is 0 Å². The smallest absolute Gasteiger partial charge is 0.338 e. The minimum atomic E-state index is -0.390. The van der Waals surface area contributed by atoms with Crippen LogP contribution >= 0.6 is 45.2 Å². The zero-order valence-corrected chi connectivity index (χ0v) is 21.4. The number of carbonyl (C=O) groups is 2. The molecule has 0 spiro atoms. The van der Waals surface area contributed by atoms with Crippen molar-refractivity contribution in [2.75, 3.05) is 49.5 Å². The maximum atomic E-state index is 13.1. The second-order valence-electron chi connectivity index (χ2n) is 6.95. The fourth-order valence-electron chi connectivity index (χ4n) is 3.42. The highest BCUT2D eigenvalue weighted by Crippen LogP contribution is 2.30. The van der Waals surface area contributed by atoms with E-state index in [9.17, 15) is 9.59 Å². The summed E-state index contributed by atoms with van der Waals surface area (Å²) in [6.45, 7) is 8.97. The molecule has 30 heavy (non-hydrogen) atoms. The summed E-state index contributed by atoms with van der Waals surface area (Å²) in [4.78, 5) is 30.0. The standard InChI is InChI=1S/C22H25I2N3O3/c1-3-26-9-11-27(12-10-26)20-8-5-15(22(29)30-4-2)13-19(20)25-21(28)17-14-16(23)6-7-18(17)24/h5-8,13-14H,3-4,9-12H2,1-2H3,(H,25,28). The maximum absolute atomic E-state index is 13.1. The lowest BCUT2D eigenvalue weighted by molar-refractivity contribution is 0.0526. The van der Waals surface area contributed by atoms with Gasteiger partial charge in [0, 0.05) is 33.3 Å². The predicted molar refractivity (Wildman–Crippen MR) is 137 cm³/mol. The number of nitrogens with zero attached hydrogens (tertiary/aromatic N) is 2. The Labute approximate surface area is 204 Å². The van der Waals surface area contributed by atoms with E-state index in [0.717, 1.165) is 45.6 Å². The summed E-state index contributed by atoms with van der Waals surface area (Å²) in [5, 5.41) is 3.04. The lowest BCUT2D eigenvalue weighted by Crippen LogP contribution is -2.46. The van der Waals surface area contributed by atoms with E-state index in [1.54, 1.807) is 19.1 Å². The second kappa shape index (κ2) is 10.8. The lowest BCUT2D eigenvalue weighted by atomic mass is 10.1. The van der Waals surface area contributed by atoms with Crippen LogP contribution in [-0.4, -0.2) is 56.1 Å². The normalized spacial score (nSPS) is 14.5. The van der Waals surface area contributed by atoms with Gasteiger partial charge in [-0.1, -0.05) is 6.92 Å². The van der Waals surface area contributed by atoms with Gasteiger partial charge in [-0.2, -0.15) is 0 Å². The van der Waals surface area contributed by atoms with Crippen LogP contribution in [0.2, 0.25) is 0 Å². The van der Waals surface area contributed by atoms with Crippen LogP contribution in [0.15, 0.2) is 36.4 Å². The van der Waals surface area contributed by atoms with Gasteiger partial charge in [-0.15, -0.1) is 0 Å². The molecule has 0 unspecified atom stereocenters. The van der Waals surface area contributed by atoms with Crippen LogP contribution in [-0.2, 0) is 4.74 Å². The fraction of sp³-hybridized carbons (Fsp3) is 0.364. The number of carbonyl (C=O) groups excluding carboxylic acids is 2. The Hall–Kier alpha value is -1.40. The van der Waals surface area contributed by atoms with E-state index in [1.165, 1.54) is 0 Å². The quantitative estimate of drug-likeness (QED) is 0.376. The van der Waals surface area contributed by atoms with E-state index < -0.39 is 0 Å². The first-order valence-electron chi connectivity index (χ1n) is 9.97. The molecule has 1 heterocycles. The van der Waals surface area contributed by atoms with Crippen LogP contribution < -0.4 is 10.2 Å². The number of hydrogen-bond donors (Lipinski definition) is 1. The summed E-state index contributed by atoms with van der Waals surface area (Å²) in [5.74, 6) is -0.577.